The topological polar surface area (TPSA) is 32.3 Å². The predicted octanol–water partition coefficient (Wildman–Crippen LogP) is 1.63. The lowest BCUT2D eigenvalue weighted by atomic mass is 9.97. The number of carbonyl (C=O) groups excluding carboxylic acids is 1. The molecular weight excluding hydrogens is 176 g/mol. The van der Waals surface area contributed by atoms with Crippen molar-refractivity contribution < 1.29 is 4.79 Å². The normalized spacial score (nSPS) is 12.7. The average molecular weight is 200 g/mol. The first kappa shape index (κ1) is 13.4. The molecule has 3 heteroatoms. The molecule has 14 heavy (non-hydrogen) atoms. The van der Waals surface area contributed by atoms with E-state index in [1.807, 2.05) is 13.8 Å². The quantitative estimate of drug-likeness (QED) is 0.748. The number of hydrogen-bond acceptors (Lipinski definition) is 2. The highest BCUT2D eigenvalue weighted by Gasteiger charge is 2.36. The van der Waals surface area contributed by atoms with E-state index >= 15 is 0 Å². The lowest BCUT2D eigenvalue weighted by Crippen LogP contribution is -2.59. The Hall–Kier alpha value is -0.570. The molecule has 3 nitrogen and oxygen atoms in total. The highest BCUT2D eigenvalue weighted by atomic mass is 16.2. The third-order valence-electron chi connectivity index (χ3n) is 2.54. The van der Waals surface area contributed by atoms with Crippen molar-refractivity contribution in [3.63, 3.8) is 0 Å². The molecule has 84 valence electrons. The maximum atomic E-state index is 11.7. The fraction of sp³-hybridized carbons (Fsp3) is 0.909. The van der Waals surface area contributed by atoms with E-state index in [-0.39, 0.29) is 5.91 Å². The Labute approximate surface area is 87.9 Å². The molecule has 0 atom stereocenters. The van der Waals surface area contributed by atoms with Crippen LogP contribution >= 0.6 is 0 Å². The van der Waals surface area contributed by atoms with Crippen LogP contribution in [0.1, 0.15) is 41.5 Å². The van der Waals surface area contributed by atoms with Crippen molar-refractivity contribution >= 4 is 5.91 Å². The first-order chi connectivity index (χ1) is 6.25. The summed E-state index contributed by atoms with van der Waals surface area (Å²) < 4.78 is 0. The molecule has 1 amide bonds. The van der Waals surface area contributed by atoms with Gasteiger partial charge in [-0.15, -0.1) is 0 Å². The highest BCUT2D eigenvalue weighted by Crippen LogP contribution is 2.21. The Kier molecular flexibility index (Phi) is 4.59. The van der Waals surface area contributed by atoms with Gasteiger partial charge in [0.25, 0.3) is 0 Å². The zero-order valence-electron chi connectivity index (χ0n) is 10.5. The van der Waals surface area contributed by atoms with E-state index in [9.17, 15) is 4.79 Å². The Morgan fingerprint density at radius 2 is 1.50 bits per heavy atom. The molecular formula is C11H24N2O. The largest absolute Gasteiger partial charge is 0.358 e. The van der Waals surface area contributed by atoms with E-state index < -0.39 is 5.54 Å². The van der Waals surface area contributed by atoms with Crippen LogP contribution in [0.5, 0.6) is 0 Å². The molecule has 0 radical (unpaired) electrons. The average Bonchev–Trinajstić information content (AvgIpc) is 2.00. The fourth-order valence-corrected chi connectivity index (χ4v) is 2.31. The van der Waals surface area contributed by atoms with Gasteiger partial charge in [-0.05, 0) is 41.5 Å². The molecule has 0 fully saturated rings. The van der Waals surface area contributed by atoms with Crippen molar-refractivity contribution in [3.05, 3.63) is 0 Å². The standard InChI is InChI=1S/C11H24N2O/c1-8(2)13(9(3)4)11(5,6)10(14)12-7/h8-9H,1-7H3,(H,12,14). The predicted molar refractivity (Wildman–Crippen MR) is 60.3 cm³/mol. The summed E-state index contributed by atoms with van der Waals surface area (Å²) in [5, 5.41) is 2.71. The van der Waals surface area contributed by atoms with E-state index in [0.717, 1.165) is 0 Å². The highest BCUT2D eigenvalue weighted by molar-refractivity contribution is 5.85. The summed E-state index contributed by atoms with van der Waals surface area (Å²) in [6.45, 7) is 12.4. The molecule has 0 saturated carbocycles. The molecule has 0 heterocycles. The van der Waals surface area contributed by atoms with Gasteiger partial charge in [0, 0.05) is 19.1 Å². The van der Waals surface area contributed by atoms with Crippen LogP contribution in [0, 0.1) is 0 Å². The van der Waals surface area contributed by atoms with Crippen LogP contribution in [0.15, 0.2) is 0 Å². The van der Waals surface area contributed by atoms with Crippen molar-refractivity contribution in [1.82, 2.24) is 10.2 Å². The van der Waals surface area contributed by atoms with Crippen LogP contribution in [-0.4, -0.2) is 35.5 Å². The minimum Gasteiger partial charge on any atom is -0.358 e. The van der Waals surface area contributed by atoms with E-state index in [0.29, 0.717) is 12.1 Å². The molecule has 0 aromatic rings. The van der Waals surface area contributed by atoms with Crippen molar-refractivity contribution in [1.29, 1.82) is 0 Å². The Balaban J connectivity index is 4.89. The van der Waals surface area contributed by atoms with Gasteiger partial charge in [0.2, 0.25) is 5.91 Å². The van der Waals surface area contributed by atoms with Crippen LogP contribution in [-0.2, 0) is 4.79 Å². The van der Waals surface area contributed by atoms with Crippen molar-refractivity contribution in [3.8, 4) is 0 Å². The van der Waals surface area contributed by atoms with Crippen LogP contribution < -0.4 is 5.32 Å². The van der Waals surface area contributed by atoms with E-state index in [2.05, 4.69) is 37.9 Å². The van der Waals surface area contributed by atoms with Gasteiger partial charge in [-0.25, -0.2) is 0 Å². The number of nitrogens with one attached hydrogen (secondary N) is 1. The Morgan fingerprint density at radius 3 is 1.71 bits per heavy atom. The van der Waals surface area contributed by atoms with Crippen LogP contribution in [0.4, 0.5) is 0 Å². The van der Waals surface area contributed by atoms with Crippen LogP contribution in [0.2, 0.25) is 0 Å². The molecule has 1 N–H and O–H groups in total. The van der Waals surface area contributed by atoms with E-state index in [4.69, 9.17) is 0 Å². The molecule has 0 bridgehead atoms. The maximum Gasteiger partial charge on any atom is 0.239 e. The monoisotopic (exact) mass is 200 g/mol. The molecule has 0 aromatic carbocycles. The summed E-state index contributed by atoms with van der Waals surface area (Å²) in [5.74, 6) is 0.0694. The van der Waals surface area contributed by atoms with Gasteiger partial charge in [-0.1, -0.05) is 0 Å². The minimum absolute atomic E-state index is 0.0694. The van der Waals surface area contributed by atoms with Gasteiger partial charge in [-0.2, -0.15) is 0 Å². The van der Waals surface area contributed by atoms with Gasteiger partial charge in [0.05, 0.1) is 5.54 Å². The first-order valence-corrected chi connectivity index (χ1v) is 5.25. The maximum absolute atomic E-state index is 11.7. The molecule has 0 aliphatic heterocycles. The van der Waals surface area contributed by atoms with E-state index in [1.165, 1.54) is 0 Å². The van der Waals surface area contributed by atoms with Gasteiger partial charge < -0.3 is 5.32 Å². The van der Waals surface area contributed by atoms with Gasteiger partial charge in [-0.3, -0.25) is 9.69 Å². The third-order valence-corrected chi connectivity index (χ3v) is 2.54. The molecule has 0 aliphatic rings. The SMILES string of the molecule is CNC(=O)C(C)(C)N(C(C)C)C(C)C. The minimum atomic E-state index is -0.447. The number of hydrogen-bond donors (Lipinski definition) is 1. The lowest BCUT2D eigenvalue weighted by Gasteiger charge is -2.42. The summed E-state index contributed by atoms with van der Waals surface area (Å²) in [7, 11) is 1.68. The fourth-order valence-electron chi connectivity index (χ4n) is 2.31. The Bertz CT molecular complexity index is 189. The second-order valence-corrected chi connectivity index (χ2v) is 4.73. The number of amides is 1. The van der Waals surface area contributed by atoms with Gasteiger partial charge in [0.15, 0.2) is 0 Å². The zero-order valence-corrected chi connectivity index (χ0v) is 10.5. The molecule has 0 spiro atoms. The molecule has 0 saturated heterocycles. The zero-order chi connectivity index (χ0) is 11.5. The molecule has 0 aliphatic carbocycles. The van der Waals surface area contributed by atoms with Crippen LogP contribution in [0.25, 0.3) is 0 Å². The summed E-state index contributed by atoms with van der Waals surface area (Å²) in [6, 6.07) is 0.726. The lowest BCUT2D eigenvalue weighted by molar-refractivity contribution is -0.133. The summed E-state index contributed by atoms with van der Waals surface area (Å²) in [4.78, 5) is 13.9. The summed E-state index contributed by atoms with van der Waals surface area (Å²) in [6.07, 6.45) is 0. The van der Waals surface area contributed by atoms with Crippen molar-refractivity contribution in [2.24, 2.45) is 0 Å². The smallest absolute Gasteiger partial charge is 0.239 e. The molecule has 0 rings (SSSR count). The summed E-state index contributed by atoms with van der Waals surface area (Å²) in [5.41, 5.74) is -0.447. The van der Waals surface area contributed by atoms with E-state index in [1.54, 1.807) is 7.05 Å². The Morgan fingerprint density at radius 1 is 1.14 bits per heavy atom. The summed E-state index contributed by atoms with van der Waals surface area (Å²) >= 11 is 0. The van der Waals surface area contributed by atoms with Crippen molar-refractivity contribution in [2.45, 2.75) is 59.2 Å². The first-order valence-electron chi connectivity index (χ1n) is 5.25. The molecule has 0 aromatic heterocycles. The number of rotatable bonds is 4. The van der Waals surface area contributed by atoms with Gasteiger partial charge in [0.1, 0.15) is 0 Å². The van der Waals surface area contributed by atoms with Crippen LogP contribution in [0.3, 0.4) is 0 Å². The third kappa shape index (κ3) is 2.71. The number of carbonyl (C=O) groups is 1. The second-order valence-electron chi connectivity index (χ2n) is 4.73. The second kappa shape index (κ2) is 4.78. The number of likely N-dealkylation sites (N-methyl/N-ethyl adjacent to an activating group) is 1. The molecule has 0 unspecified atom stereocenters. The number of nitrogens with zero attached hydrogens (tertiary/aromatic N) is 1. The van der Waals surface area contributed by atoms with Crippen molar-refractivity contribution in [2.75, 3.05) is 7.05 Å². The van der Waals surface area contributed by atoms with Gasteiger partial charge >= 0.3 is 0 Å².